The second-order valence-electron chi connectivity index (χ2n) is 6.12. The van der Waals surface area contributed by atoms with E-state index in [2.05, 4.69) is 5.10 Å². The average molecular weight is 354 g/mol. The Bertz CT molecular complexity index is 788. The molecule has 1 unspecified atom stereocenters. The molecule has 1 aliphatic rings. The Morgan fingerprint density at radius 2 is 2.08 bits per heavy atom. The van der Waals surface area contributed by atoms with Crippen LogP contribution in [0.15, 0.2) is 30.5 Å². The molecule has 25 heavy (non-hydrogen) atoms. The summed E-state index contributed by atoms with van der Waals surface area (Å²) < 4.78 is 39.5. The summed E-state index contributed by atoms with van der Waals surface area (Å²) in [5.74, 6) is 0. The molecule has 1 fully saturated rings. The smallest absolute Gasteiger partial charge is 0.364 e. The molecule has 134 valence electrons. The zero-order chi connectivity index (χ0) is 18.2. The van der Waals surface area contributed by atoms with E-state index in [0.717, 1.165) is 18.1 Å². The maximum Gasteiger partial charge on any atom is 0.435 e. The molecule has 9 heteroatoms. The van der Waals surface area contributed by atoms with Gasteiger partial charge in [-0.1, -0.05) is 12.1 Å². The normalized spacial score (nSPS) is 18.4. The van der Waals surface area contributed by atoms with Gasteiger partial charge in [0.2, 0.25) is 0 Å². The van der Waals surface area contributed by atoms with E-state index in [9.17, 15) is 23.3 Å². The quantitative estimate of drug-likeness (QED) is 0.618. The molecular formula is C16H17F3N4O2. The molecule has 3 rings (SSSR count). The molecule has 0 aliphatic carbocycles. The largest absolute Gasteiger partial charge is 0.435 e. The zero-order valence-corrected chi connectivity index (χ0v) is 13.5. The van der Waals surface area contributed by atoms with Crippen molar-refractivity contribution in [3.63, 3.8) is 0 Å². The first-order valence-electron chi connectivity index (χ1n) is 7.88. The van der Waals surface area contributed by atoms with Gasteiger partial charge in [-0.2, -0.15) is 18.3 Å². The zero-order valence-electron chi connectivity index (χ0n) is 13.5. The van der Waals surface area contributed by atoms with Crippen LogP contribution in [0, 0.1) is 17.0 Å². The summed E-state index contributed by atoms with van der Waals surface area (Å²) in [5, 5.41) is 15.0. The number of hydrogen-bond acceptors (Lipinski definition) is 4. The van der Waals surface area contributed by atoms with Crippen LogP contribution in [0.3, 0.4) is 0 Å². The van der Waals surface area contributed by atoms with E-state index in [0.29, 0.717) is 25.2 Å². The van der Waals surface area contributed by atoms with Crippen LogP contribution in [0.2, 0.25) is 0 Å². The fraction of sp³-hybridized carbons (Fsp3) is 0.438. The van der Waals surface area contributed by atoms with Crippen LogP contribution in [-0.2, 0) is 6.18 Å². The number of nitro benzene ring substituents is 1. The minimum Gasteiger partial charge on any atom is -0.364 e. The minimum absolute atomic E-state index is 0.0112. The van der Waals surface area contributed by atoms with Gasteiger partial charge in [0.15, 0.2) is 5.69 Å². The van der Waals surface area contributed by atoms with E-state index in [1.165, 1.54) is 16.9 Å². The van der Waals surface area contributed by atoms with Gasteiger partial charge in [0.05, 0.1) is 11.0 Å². The first-order valence-corrected chi connectivity index (χ1v) is 7.88. The molecule has 1 aromatic carbocycles. The van der Waals surface area contributed by atoms with Gasteiger partial charge in [-0.05, 0) is 31.4 Å². The van der Waals surface area contributed by atoms with Crippen LogP contribution in [0.4, 0.5) is 24.5 Å². The number of para-hydroxylation sites is 1. The lowest BCUT2D eigenvalue weighted by molar-refractivity contribution is -0.384. The van der Waals surface area contributed by atoms with Gasteiger partial charge in [0, 0.05) is 25.4 Å². The summed E-state index contributed by atoms with van der Waals surface area (Å²) in [7, 11) is 0. The molecule has 0 spiro atoms. The fourth-order valence-corrected chi connectivity index (χ4v) is 3.27. The first kappa shape index (κ1) is 17.2. The lowest BCUT2D eigenvalue weighted by Crippen LogP contribution is -2.37. The van der Waals surface area contributed by atoms with Crippen LogP contribution in [0.1, 0.15) is 30.1 Å². The van der Waals surface area contributed by atoms with Gasteiger partial charge in [0.1, 0.15) is 5.69 Å². The second-order valence-corrected chi connectivity index (χ2v) is 6.12. The Morgan fingerprint density at radius 1 is 1.32 bits per heavy atom. The summed E-state index contributed by atoms with van der Waals surface area (Å²) in [5.41, 5.74) is 0.385. The predicted octanol–water partition coefficient (Wildman–Crippen LogP) is 3.96. The monoisotopic (exact) mass is 354 g/mol. The Balaban J connectivity index is 1.87. The molecular weight excluding hydrogens is 337 g/mol. The van der Waals surface area contributed by atoms with Crippen LogP contribution in [-0.4, -0.2) is 27.8 Å². The lowest BCUT2D eigenvalue weighted by atomic mass is 10.0. The molecule has 1 saturated heterocycles. The van der Waals surface area contributed by atoms with Crippen molar-refractivity contribution in [2.45, 2.75) is 32.0 Å². The average Bonchev–Trinajstić information content (AvgIpc) is 3.05. The van der Waals surface area contributed by atoms with Gasteiger partial charge >= 0.3 is 6.18 Å². The number of piperidine rings is 1. The van der Waals surface area contributed by atoms with Crippen molar-refractivity contribution in [1.29, 1.82) is 0 Å². The van der Waals surface area contributed by atoms with Crippen molar-refractivity contribution < 1.29 is 18.1 Å². The summed E-state index contributed by atoms with van der Waals surface area (Å²) >= 11 is 0. The van der Waals surface area contributed by atoms with Crippen molar-refractivity contribution in [3.05, 3.63) is 51.8 Å². The van der Waals surface area contributed by atoms with Gasteiger partial charge in [0.25, 0.3) is 5.69 Å². The molecule has 0 N–H and O–H groups in total. The maximum atomic E-state index is 12.7. The van der Waals surface area contributed by atoms with Crippen LogP contribution >= 0.6 is 0 Å². The van der Waals surface area contributed by atoms with Crippen LogP contribution in [0.5, 0.6) is 0 Å². The molecule has 0 radical (unpaired) electrons. The number of aromatic nitrogens is 2. The highest BCUT2D eigenvalue weighted by molar-refractivity contribution is 5.67. The van der Waals surface area contributed by atoms with Crippen LogP contribution < -0.4 is 4.90 Å². The van der Waals surface area contributed by atoms with Gasteiger partial charge in [-0.15, -0.1) is 0 Å². The van der Waals surface area contributed by atoms with Crippen molar-refractivity contribution in [1.82, 2.24) is 9.78 Å². The van der Waals surface area contributed by atoms with E-state index in [-0.39, 0.29) is 11.7 Å². The third kappa shape index (κ3) is 3.45. The topological polar surface area (TPSA) is 64.2 Å². The SMILES string of the molecule is Cc1cccc([N+](=O)[O-])c1N1CCCC(n2ccc(C(F)(F)F)n2)C1. The van der Waals surface area contributed by atoms with E-state index < -0.39 is 16.8 Å². The Kier molecular flexibility index (Phi) is 4.40. The van der Waals surface area contributed by atoms with Crippen molar-refractivity contribution >= 4 is 11.4 Å². The molecule has 0 bridgehead atoms. The van der Waals surface area contributed by atoms with E-state index in [1.807, 2.05) is 4.90 Å². The highest BCUT2D eigenvalue weighted by Crippen LogP contribution is 2.36. The number of rotatable bonds is 3. The van der Waals surface area contributed by atoms with Gasteiger partial charge < -0.3 is 4.90 Å². The lowest BCUT2D eigenvalue weighted by Gasteiger charge is -2.35. The number of nitro groups is 1. The fourth-order valence-electron chi connectivity index (χ4n) is 3.27. The number of aryl methyl sites for hydroxylation is 1. The minimum atomic E-state index is -4.48. The highest BCUT2D eigenvalue weighted by Gasteiger charge is 2.35. The number of anilines is 1. The molecule has 6 nitrogen and oxygen atoms in total. The molecule has 2 aromatic rings. The van der Waals surface area contributed by atoms with Crippen molar-refractivity contribution in [2.75, 3.05) is 18.0 Å². The standard InChI is InChI=1S/C16H17F3N4O2/c1-11-4-2-6-13(23(24)25)15(11)21-8-3-5-12(10-21)22-9-7-14(20-22)16(17,18)19/h2,4,6-7,9,12H,3,5,8,10H2,1H3. The number of nitrogens with zero attached hydrogens (tertiary/aromatic N) is 4. The highest BCUT2D eigenvalue weighted by atomic mass is 19.4. The summed E-state index contributed by atoms with van der Waals surface area (Å²) in [4.78, 5) is 12.8. The number of alkyl halides is 3. The molecule has 1 aliphatic heterocycles. The molecule has 1 atom stereocenters. The van der Waals surface area contributed by atoms with Crippen LogP contribution in [0.25, 0.3) is 0 Å². The summed E-state index contributed by atoms with van der Waals surface area (Å²) in [6, 6.07) is 5.56. The van der Waals surface area contributed by atoms with Crippen molar-refractivity contribution in [3.8, 4) is 0 Å². The van der Waals surface area contributed by atoms with Gasteiger partial charge in [-0.25, -0.2) is 0 Å². The number of hydrogen-bond donors (Lipinski definition) is 0. The third-order valence-corrected chi connectivity index (χ3v) is 4.40. The molecule has 0 amide bonds. The van der Waals surface area contributed by atoms with E-state index in [1.54, 1.807) is 19.1 Å². The van der Waals surface area contributed by atoms with E-state index in [4.69, 9.17) is 0 Å². The Hall–Kier alpha value is -2.58. The van der Waals surface area contributed by atoms with Crippen molar-refractivity contribution in [2.24, 2.45) is 0 Å². The maximum absolute atomic E-state index is 12.7. The van der Waals surface area contributed by atoms with Gasteiger partial charge in [-0.3, -0.25) is 14.8 Å². The predicted molar refractivity (Wildman–Crippen MR) is 85.5 cm³/mol. The summed E-state index contributed by atoms with van der Waals surface area (Å²) in [6.45, 7) is 2.79. The number of halogens is 3. The second kappa shape index (κ2) is 6.38. The Morgan fingerprint density at radius 3 is 2.72 bits per heavy atom. The van der Waals surface area contributed by atoms with E-state index >= 15 is 0 Å². The Labute approximate surface area is 142 Å². The molecule has 0 saturated carbocycles. The molecule has 2 heterocycles. The summed E-state index contributed by atoms with van der Waals surface area (Å²) in [6.07, 6.45) is -1.76. The molecule has 1 aromatic heterocycles. The third-order valence-electron chi connectivity index (χ3n) is 4.40. The number of benzene rings is 1. The first-order chi connectivity index (χ1) is 11.8.